The quantitative estimate of drug-likeness (QED) is 0.718. The van der Waals surface area contributed by atoms with Gasteiger partial charge in [0.2, 0.25) is 0 Å². The van der Waals surface area contributed by atoms with E-state index in [1.165, 1.54) is 0 Å². The highest BCUT2D eigenvalue weighted by Gasteiger charge is 2.43. The number of sulfone groups is 1. The van der Waals surface area contributed by atoms with E-state index in [1.807, 2.05) is 0 Å². The number of ether oxygens (including phenoxy) is 1. The van der Waals surface area contributed by atoms with E-state index in [9.17, 15) is 13.2 Å². The number of fused-ring (bicyclic) bond motifs is 2. The van der Waals surface area contributed by atoms with Crippen molar-refractivity contribution in [1.29, 1.82) is 0 Å². The summed E-state index contributed by atoms with van der Waals surface area (Å²) >= 11 is 0. The molecule has 1 amide bonds. The molecule has 2 fully saturated rings. The Kier molecular flexibility index (Phi) is 3.79. The molecule has 2 bridgehead atoms. The smallest absolute Gasteiger partial charge is 0.407 e. The minimum absolute atomic E-state index is 0.0648. The van der Waals surface area contributed by atoms with Crippen LogP contribution >= 0.6 is 0 Å². The topological polar surface area (TPSA) is 84.5 Å². The van der Waals surface area contributed by atoms with Gasteiger partial charge in [0.1, 0.15) is 5.60 Å². The molecule has 0 spiro atoms. The Morgan fingerprint density at radius 1 is 1.21 bits per heavy atom. The molecule has 2 unspecified atom stereocenters. The summed E-state index contributed by atoms with van der Waals surface area (Å²) < 4.78 is 28.7. The van der Waals surface area contributed by atoms with Crippen molar-refractivity contribution in [3.05, 3.63) is 0 Å². The SMILES string of the molecule is CC(C)(C)OC(=O)NC1C2CNCC1CS(=O)(=O)C2. The number of hydrogen-bond donors (Lipinski definition) is 2. The zero-order valence-electron chi connectivity index (χ0n) is 11.6. The Balaban J connectivity index is 2.03. The monoisotopic (exact) mass is 290 g/mol. The van der Waals surface area contributed by atoms with Crippen molar-refractivity contribution < 1.29 is 17.9 Å². The Hall–Kier alpha value is -0.820. The fraction of sp³-hybridized carbons (Fsp3) is 0.917. The average Bonchev–Trinajstić information content (AvgIpc) is 2.16. The maximum absolute atomic E-state index is 11.8. The molecule has 19 heavy (non-hydrogen) atoms. The molecule has 2 atom stereocenters. The van der Waals surface area contributed by atoms with Crippen molar-refractivity contribution in [1.82, 2.24) is 10.6 Å². The van der Waals surface area contributed by atoms with Gasteiger partial charge in [0.05, 0.1) is 11.5 Å². The van der Waals surface area contributed by atoms with Crippen LogP contribution in [0.15, 0.2) is 0 Å². The maximum atomic E-state index is 11.8. The standard InChI is InChI=1S/C12H22N2O4S/c1-12(2,3)18-11(15)14-10-8-4-13-5-9(10)7-19(16,17)6-8/h8-10,13H,4-7H2,1-3H3,(H,14,15). The number of carbonyl (C=O) groups is 1. The predicted octanol–water partition coefficient (Wildman–Crippen LogP) is 0.144. The van der Waals surface area contributed by atoms with Gasteiger partial charge in [-0.25, -0.2) is 13.2 Å². The maximum Gasteiger partial charge on any atom is 0.407 e. The van der Waals surface area contributed by atoms with Gasteiger partial charge in [0.25, 0.3) is 0 Å². The number of rotatable bonds is 1. The van der Waals surface area contributed by atoms with Crippen molar-refractivity contribution in [2.24, 2.45) is 11.8 Å². The van der Waals surface area contributed by atoms with Gasteiger partial charge in [-0.2, -0.15) is 0 Å². The first-order valence-corrected chi connectivity index (χ1v) is 8.39. The Labute approximate surface area is 114 Å². The molecule has 0 radical (unpaired) electrons. The molecule has 7 heteroatoms. The van der Waals surface area contributed by atoms with Gasteiger partial charge in [-0.1, -0.05) is 0 Å². The number of hydrogen-bond acceptors (Lipinski definition) is 5. The van der Waals surface area contributed by atoms with Crippen LogP contribution in [0, 0.1) is 11.8 Å². The van der Waals surface area contributed by atoms with E-state index in [2.05, 4.69) is 10.6 Å². The largest absolute Gasteiger partial charge is 0.444 e. The van der Waals surface area contributed by atoms with Crippen LogP contribution in [0.3, 0.4) is 0 Å². The van der Waals surface area contributed by atoms with Gasteiger partial charge in [-0.15, -0.1) is 0 Å². The Morgan fingerprint density at radius 3 is 2.21 bits per heavy atom. The lowest BCUT2D eigenvalue weighted by molar-refractivity contribution is 0.0448. The van der Waals surface area contributed by atoms with E-state index in [4.69, 9.17) is 4.74 Å². The second-order valence-electron chi connectivity index (χ2n) is 6.43. The summed E-state index contributed by atoms with van der Waals surface area (Å²) in [6, 6.07) is -0.111. The molecule has 0 saturated carbocycles. The number of amides is 1. The number of piperidine rings is 1. The van der Waals surface area contributed by atoms with Crippen molar-refractivity contribution in [3.8, 4) is 0 Å². The van der Waals surface area contributed by atoms with Crippen LogP contribution in [-0.4, -0.2) is 50.7 Å². The minimum atomic E-state index is -2.98. The molecule has 6 nitrogen and oxygen atoms in total. The molecule has 0 aromatic carbocycles. The van der Waals surface area contributed by atoms with Crippen LogP contribution in [0.4, 0.5) is 4.79 Å². The molecular formula is C12H22N2O4S. The molecule has 0 aromatic heterocycles. The fourth-order valence-electron chi connectivity index (χ4n) is 2.82. The highest BCUT2D eigenvalue weighted by Crippen LogP contribution is 2.27. The molecule has 2 heterocycles. The summed E-state index contributed by atoms with van der Waals surface area (Å²) in [6.07, 6.45) is -0.464. The summed E-state index contributed by atoms with van der Waals surface area (Å²) in [5.74, 6) is 0.142. The van der Waals surface area contributed by atoms with E-state index >= 15 is 0 Å². The van der Waals surface area contributed by atoms with Crippen LogP contribution in [0.5, 0.6) is 0 Å². The normalized spacial score (nSPS) is 33.5. The van der Waals surface area contributed by atoms with Crippen LogP contribution in [0.2, 0.25) is 0 Å². The molecule has 2 aliphatic heterocycles. The minimum Gasteiger partial charge on any atom is -0.444 e. The molecule has 0 aliphatic carbocycles. The van der Waals surface area contributed by atoms with Crippen molar-refractivity contribution >= 4 is 15.9 Å². The van der Waals surface area contributed by atoms with E-state index in [0.29, 0.717) is 13.1 Å². The Bertz CT molecular complexity index is 435. The van der Waals surface area contributed by atoms with E-state index < -0.39 is 21.5 Å². The fourth-order valence-corrected chi connectivity index (χ4v) is 4.91. The highest BCUT2D eigenvalue weighted by atomic mass is 32.2. The lowest BCUT2D eigenvalue weighted by Gasteiger charge is -2.42. The molecule has 0 aromatic rings. The molecule has 2 rings (SSSR count). The van der Waals surface area contributed by atoms with Crippen LogP contribution in [-0.2, 0) is 14.6 Å². The average molecular weight is 290 g/mol. The Morgan fingerprint density at radius 2 is 1.74 bits per heavy atom. The summed E-state index contributed by atoms with van der Waals surface area (Å²) in [7, 11) is -2.98. The third-order valence-electron chi connectivity index (χ3n) is 3.45. The molecular weight excluding hydrogens is 268 g/mol. The zero-order valence-corrected chi connectivity index (χ0v) is 12.4. The highest BCUT2D eigenvalue weighted by molar-refractivity contribution is 7.91. The van der Waals surface area contributed by atoms with Gasteiger partial charge >= 0.3 is 6.09 Å². The van der Waals surface area contributed by atoms with Gasteiger partial charge in [0, 0.05) is 31.0 Å². The second-order valence-corrected chi connectivity index (χ2v) is 8.58. The van der Waals surface area contributed by atoms with E-state index in [-0.39, 0.29) is 29.4 Å². The summed E-state index contributed by atoms with van der Waals surface area (Å²) in [5.41, 5.74) is -0.543. The van der Waals surface area contributed by atoms with Crippen molar-refractivity contribution in [2.45, 2.75) is 32.4 Å². The first-order chi connectivity index (χ1) is 8.66. The summed E-state index contributed by atoms with van der Waals surface area (Å²) in [4.78, 5) is 11.8. The van der Waals surface area contributed by atoms with Gasteiger partial charge < -0.3 is 15.4 Å². The zero-order chi connectivity index (χ0) is 14.3. The lowest BCUT2D eigenvalue weighted by Crippen LogP contribution is -2.62. The van der Waals surface area contributed by atoms with Crippen LogP contribution in [0.1, 0.15) is 20.8 Å². The van der Waals surface area contributed by atoms with E-state index in [0.717, 1.165) is 0 Å². The second kappa shape index (κ2) is 4.94. The first-order valence-electron chi connectivity index (χ1n) is 6.57. The van der Waals surface area contributed by atoms with Crippen molar-refractivity contribution in [2.75, 3.05) is 24.6 Å². The van der Waals surface area contributed by atoms with E-state index in [1.54, 1.807) is 20.8 Å². The molecule has 2 N–H and O–H groups in total. The van der Waals surface area contributed by atoms with Crippen LogP contribution in [0.25, 0.3) is 0 Å². The third-order valence-corrected chi connectivity index (χ3v) is 5.32. The molecule has 2 aliphatic rings. The number of alkyl carbamates (subject to hydrolysis) is 1. The van der Waals surface area contributed by atoms with Gasteiger partial charge in [-0.3, -0.25) is 0 Å². The van der Waals surface area contributed by atoms with Crippen LogP contribution < -0.4 is 10.6 Å². The van der Waals surface area contributed by atoms with Gasteiger partial charge in [-0.05, 0) is 20.8 Å². The third kappa shape index (κ3) is 3.82. The predicted molar refractivity (Wildman–Crippen MR) is 71.7 cm³/mol. The molecule has 110 valence electrons. The first kappa shape index (κ1) is 14.6. The molecule has 2 saturated heterocycles. The number of carbonyl (C=O) groups excluding carboxylic acids is 1. The summed E-state index contributed by atoms with van der Waals surface area (Å²) in [6.45, 7) is 6.66. The lowest BCUT2D eigenvalue weighted by atomic mass is 9.86. The number of nitrogens with one attached hydrogen (secondary N) is 2. The van der Waals surface area contributed by atoms with Gasteiger partial charge in [0.15, 0.2) is 9.84 Å². The summed E-state index contributed by atoms with van der Waals surface area (Å²) in [5, 5.41) is 6.07. The van der Waals surface area contributed by atoms with Crippen molar-refractivity contribution in [3.63, 3.8) is 0 Å².